The summed E-state index contributed by atoms with van der Waals surface area (Å²) in [6.07, 6.45) is 32.8. The molecule has 0 aromatic heterocycles. The highest BCUT2D eigenvalue weighted by Gasteiger charge is 2.51. The van der Waals surface area contributed by atoms with E-state index in [0.717, 1.165) is 83.5 Å². The number of phosphoric acid groups is 1. The first-order chi connectivity index (χ1) is 28.5. The average Bonchev–Trinajstić information content (AvgIpc) is 3.22. The molecule has 6 N–H and O–H groups in total. The maximum atomic E-state index is 12.8. The third-order valence-electron chi connectivity index (χ3n) is 10.1. The van der Waals surface area contributed by atoms with Crippen LogP contribution in [0.2, 0.25) is 0 Å². The lowest BCUT2D eigenvalue weighted by molar-refractivity contribution is -0.220. The number of esters is 1. The first-order valence-corrected chi connectivity index (χ1v) is 24.1. The molecule has 1 saturated carbocycles. The Labute approximate surface area is 356 Å². The van der Waals surface area contributed by atoms with Crippen LogP contribution in [0.1, 0.15) is 162 Å². The minimum absolute atomic E-state index is 0.0934. The molecule has 0 heterocycles. The van der Waals surface area contributed by atoms with E-state index in [1.54, 1.807) is 0 Å². The molecule has 1 rings (SSSR count). The highest BCUT2D eigenvalue weighted by Crippen LogP contribution is 2.47. The van der Waals surface area contributed by atoms with E-state index in [4.69, 9.17) is 18.5 Å². The molecule has 1 aliphatic rings. The van der Waals surface area contributed by atoms with Crippen LogP contribution in [0, 0.1) is 0 Å². The SMILES string of the molecule is CC/C=C\C/C=C\C/C=C\C/C=C\CCCCCCC(=O)OC(COCCCCCCCC/C=C\CCCCCCC)COP(=O)(O)OC1C(O)C(O)C(O)C(O)C1O. The van der Waals surface area contributed by atoms with Gasteiger partial charge in [-0.15, -0.1) is 0 Å². The van der Waals surface area contributed by atoms with Crippen molar-refractivity contribution in [1.29, 1.82) is 0 Å². The van der Waals surface area contributed by atoms with Gasteiger partial charge in [0, 0.05) is 13.0 Å². The first kappa shape index (κ1) is 55.1. The second-order valence-corrected chi connectivity index (χ2v) is 16.9. The number of hydrogen-bond acceptors (Lipinski definition) is 11. The summed E-state index contributed by atoms with van der Waals surface area (Å²) in [7, 11) is -5.03. The van der Waals surface area contributed by atoms with Crippen LogP contribution in [0.3, 0.4) is 0 Å². The highest BCUT2D eigenvalue weighted by molar-refractivity contribution is 7.47. The van der Waals surface area contributed by atoms with Crippen LogP contribution in [0.5, 0.6) is 0 Å². The van der Waals surface area contributed by atoms with Crippen LogP contribution in [0.25, 0.3) is 0 Å². The van der Waals surface area contributed by atoms with Crippen molar-refractivity contribution in [3.63, 3.8) is 0 Å². The normalized spacial score (nSPS) is 23.1. The molecule has 1 fully saturated rings. The summed E-state index contributed by atoms with van der Waals surface area (Å²) in [6.45, 7) is 4.08. The molecule has 342 valence electrons. The molecule has 6 atom stereocenters. The maximum Gasteiger partial charge on any atom is 0.472 e. The molecule has 12 nitrogen and oxygen atoms in total. The number of allylic oxidation sites excluding steroid dienone is 10. The Morgan fingerprint density at radius 1 is 0.559 bits per heavy atom. The zero-order valence-corrected chi connectivity index (χ0v) is 37.2. The number of carbonyl (C=O) groups is 1. The molecule has 1 aliphatic carbocycles. The van der Waals surface area contributed by atoms with Crippen LogP contribution in [-0.2, 0) is 27.9 Å². The second-order valence-electron chi connectivity index (χ2n) is 15.5. The number of aliphatic hydroxyl groups excluding tert-OH is 5. The Balaban J connectivity index is 2.44. The molecule has 0 saturated heterocycles. The topological polar surface area (TPSA) is 192 Å². The fraction of sp³-hybridized carbons (Fsp3) is 0.761. The Kier molecular flexibility index (Phi) is 34.2. The van der Waals surface area contributed by atoms with Crippen molar-refractivity contribution in [2.45, 2.75) is 204 Å². The molecule has 13 heteroatoms. The summed E-state index contributed by atoms with van der Waals surface area (Å²) in [5.74, 6) is -0.505. The summed E-state index contributed by atoms with van der Waals surface area (Å²) >= 11 is 0. The fourth-order valence-corrected chi connectivity index (χ4v) is 7.49. The molecular weight excluding hydrogens is 775 g/mol. The van der Waals surface area contributed by atoms with Crippen molar-refractivity contribution in [3.8, 4) is 0 Å². The number of phosphoric ester groups is 1. The average molecular weight is 857 g/mol. The summed E-state index contributed by atoms with van der Waals surface area (Å²) in [5, 5.41) is 50.1. The Hall–Kier alpha value is -1.96. The molecule has 0 aromatic carbocycles. The van der Waals surface area contributed by atoms with E-state index in [1.165, 1.54) is 51.4 Å². The van der Waals surface area contributed by atoms with Gasteiger partial charge in [0.2, 0.25) is 0 Å². The van der Waals surface area contributed by atoms with E-state index in [9.17, 15) is 39.8 Å². The lowest BCUT2D eigenvalue weighted by atomic mass is 9.85. The van der Waals surface area contributed by atoms with Crippen LogP contribution < -0.4 is 0 Å². The lowest BCUT2D eigenvalue weighted by Crippen LogP contribution is -2.64. The summed E-state index contributed by atoms with van der Waals surface area (Å²) in [4.78, 5) is 23.1. The Bertz CT molecular complexity index is 1200. The van der Waals surface area contributed by atoms with Gasteiger partial charge in [-0.3, -0.25) is 13.8 Å². The molecule has 0 spiro atoms. The zero-order valence-electron chi connectivity index (χ0n) is 36.3. The van der Waals surface area contributed by atoms with Gasteiger partial charge in [-0.2, -0.15) is 0 Å². The molecular formula is C46H81O12P. The largest absolute Gasteiger partial charge is 0.472 e. The van der Waals surface area contributed by atoms with Crippen molar-refractivity contribution in [2.24, 2.45) is 0 Å². The van der Waals surface area contributed by atoms with E-state index in [0.29, 0.717) is 13.0 Å². The predicted octanol–water partition coefficient (Wildman–Crippen LogP) is 9.03. The van der Waals surface area contributed by atoms with E-state index in [2.05, 4.69) is 74.6 Å². The molecule has 0 aromatic rings. The van der Waals surface area contributed by atoms with Crippen molar-refractivity contribution in [2.75, 3.05) is 19.8 Å². The molecule has 0 amide bonds. The number of rotatable bonds is 37. The quantitative estimate of drug-likeness (QED) is 0.0151. The third kappa shape index (κ3) is 29.1. The Morgan fingerprint density at radius 2 is 1.00 bits per heavy atom. The van der Waals surface area contributed by atoms with Gasteiger partial charge in [0.1, 0.15) is 42.7 Å². The maximum absolute atomic E-state index is 12.8. The number of hydrogen-bond donors (Lipinski definition) is 6. The van der Waals surface area contributed by atoms with E-state index < -0.39 is 63.1 Å². The minimum atomic E-state index is -5.03. The van der Waals surface area contributed by atoms with Crippen LogP contribution in [0.15, 0.2) is 60.8 Å². The van der Waals surface area contributed by atoms with Crippen LogP contribution >= 0.6 is 7.82 Å². The summed E-state index contributed by atoms with van der Waals surface area (Å²) < 4.78 is 34.1. The number of carbonyl (C=O) groups excluding carboxylic acids is 1. The smallest absolute Gasteiger partial charge is 0.457 e. The number of ether oxygens (including phenoxy) is 2. The third-order valence-corrected chi connectivity index (χ3v) is 11.1. The van der Waals surface area contributed by atoms with Crippen molar-refractivity contribution >= 4 is 13.8 Å². The molecule has 0 bridgehead atoms. The van der Waals surface area contributed by atoms with E-state index in [1.807, 2.05) is 0 Å². The van der Waals surface area contributed by atoms with Crippen molar-refractivity contribution < 1.29 is 58.3 Å². The summed E-state index contributed by atoms with van der Waals surface area (Å²) in [6, 6.07) is 0. The highest BCUT2D eigenvalue weighted by atomic mass is 31.2. The zero-order chi connectivity index (χ0) is 43.4. The fourth-order valence-electron chi connectivity index (χ4n) is 6.52. The first-order valence-electron chi connectivity index (χ1n) is 22.6. The van der Waals surface area contributed by atoms with Crippen LogP contribution in [-0.4, -0.2) is 98.9 Å². The molecule has 59 heavy (non-hydrogen) atoms. The van der Waals surface area contributed by atoms with Gasteiger partial charge < -0.3 is 39.9 Å². The minimum Gasteiger partial charge on any atom is -0.457 e. The van der Waals surface area contributed by atoms with Crippen LogP contribution in [0.4, 0.5) is 0 Å². The van der Waals surface area contributed by atoms with Crippen molar-refractivity contribution in [1.82, 2.24) is 0 Å². The Morgan fingerprint density at radius 3 is 1.54 bits per heavy atom. The molecule has 6 unspecified atom stereocenters. The monoisotopic (exact) mass is 857 g/mol. The van der Waals surface area contributed by atoms with Gasteiger partial charge in [-0.1, -0.05) is 139 Å². The summed E-state index contributed by atoms with van der Waals surface area (Å²) in [5.41, 5.74) is 0. The van der Waals surface area contributed by atoms with Gasteiger partial charge in [-0.05, 0) is 77.0 Å². The molecule has 0 radical (unpaired) electrons. The van der Waals surface area contributed by atoms with Gasteiger partial charge in [0.15, 0.2) is 0 Å². The van der Waals surface area contributed by atoms with E-state index in [-0.39, 0.29) is 13.0 Å². The number of unbranched alkanes of at least 4 members (excludes halogenated alkanes) is 15. The van der Waals surface area contributed by atoms with Gasteiger partial charge >= 0.3 is 13.8 Å². The van der Waals surface area contributed by atoms with Gasteiger partial charge in [0.05, 0.1) is 13.2 Å². The van der Waals surface area contributed by atoms with E-state index >= 15 is 0 Å². The van der Waals surface area contributed by atoms with Gasteiger partial charge in [-0.25, -0.2) is 4.57 Å². The van der Waals surface area contributed by atoms with Crippen molar-refractivity contribution in [3.05, 3.63) is 60.8 Å². The standard InChI is InChI=1S/C46H81O12P/c1-3-5-7-9-11-13-15-17-19-20-21-23-25-27-29-31-33-35-40(47)57-39(38-56-59(53,54)58-46-44(51)42(49)41(48)43(50)45(46)52)37-55-36-34-32-30-28-26-24-22-18-16-14-12-10-8-6-4-2/h5,7,11,13,16-19,21,23,39,41-46,48-52H,3-4,6,8-10,12,14-15,20,22,24-38H2,1-2H3,(H,53,54)/b7-5-,13-11-,18-16-,19-17-,23-21-. The molecule has 0 aliphatic heterocycles. The number of aliphatic hydroxyl groups is 5. The second kappa shape index (κ2) is 36.7. The predicted molar refractivity (Wildman–Crippen MR) is 235 cm³/mol. The lowest BCUT2D eigenvalue weighted by Gasteiger charge is -2.41. The van der Waals surface area contributed by atoms with Gasteiger partial charge in [0.25, 0.3) is 0 Å².